The summed E-state index contributed by atoms with van der Waals surface area (Å²) < 4.78 is 15.3. The molecule has 0 saturated carbocycles. The molecular weight excluding hydrogens is 399 g/mol. The van der Waals surface area contributed by atoms with Crippen LogP contribution in [-0.4, -0.2) is 20.6 Å². The summed E-state index contributed by atoms with van der Waals surface area (Å²) in [5.74, 6) is -0.675. The Bertz CT molecular complexity index is 1180. The fourth-order valence-electron chi connectivity index (χ4n) is 3.65. The Balaban J connectivity index is 1.62. The summed E-state index contributed by atoms with van der Waals surface area (Å²) >= 11 is 0.936. The first kappa shape index (κ1) is 20.2. The predicted molar refractivity (Wildman–Crippen MR) is 118 cm³/mol. The zero-order valence-electron chi connectivity index (χ0n) is 17.0. The highest BCUT2D eigenvalue weighted by Gasteiger charge is 2.35. The molecule has 30 heavy (non-hydrogen) atoms. The third kappa shape index (κ3) is 3.83. The second kappa shape index (κ2) is 7.95. The maximum Gasteiger partial charge on any atom is 0.293 e. The van der Waals surface area contributed by atoms with Crippen molar-refractivity contribution in [3.8, 4) is 5.69 Å². The van der Waals surface area contributed by atoms with Crippen LogP contribution in [0.1, 0.15) is 28.1 Å². The van der Waals surface area contributed by atoms with Crippen LogP contribution in [-0.2, 0) is 11.3 Å². The number of benzene rings is 2. The van der Waals surface area contributed by atoms with Gasteiger partial charge >= 0.3 is 0 Å². The maximum atomic E-state index is 13.1. The van der Waals surface area contributed by atoms with E-state index in [-0.39, 0.29) is 23.5 Å². The summed E-state index contributed by atoms with van der Waals surface area (Å²) in [5.41, 5.74) is 5.90. The van der Waals surface area contributed by atoms with Gasteiger partial charge in [0.15, 0.2) is 0 Å². The van der Waals surface area contributed by atoms with Crippen molar-refractivity contribution >= 4 is 29.0 Å². The van der Waals surface area contributed by atoms with Crippen LogP contribution >= 0.6 is 11.8 Å². The van der Waals surface area contributed by atoms with E-state index in [0.717, 1.165) is 34.4 Å². The number of halogens is 1. The molecule has 1 aliphatic rings. The van der Waals surface area contributed by atoms with E-state index in [1.807, 2.05) is 32.0 Å². The van der Waals surface area contributed by atoms with Gasteiger partial charge < -0.3 is 4.57 Å². The SMILES string of the molecule is Cc1cccc(-n2c(C)cc(/C=C3/SC(=O)N(Cc4ccc(F)cc4)C3=O)c2C)c1. The molecule has 2 heterocycles. The second-order valence-electron chi connectivity index (χ2n) is 7.40. The van der Waals surface area contributed by atoms with Crippen LogP contribution in [0, 0.1) is 26.6 Å². The molecule has 4 rings (SSSR count). The van der Waals surface area contributed by atoms with Crippen molar-refractivity contribution in [3.05, 3.63) is 93.4 Å². The number of carbonyl (C=O) groups is 2. The fraction of sp³-hybridized carbons (Fsp3) is 0.167. The third-order valence-corrected chi connectivity index (χ3v) is 6.05. The van der Waals surface area contributed by atoms with Crippen LogP contribution in [0.4, 0.5) is 9.18 Å². The summed E-state index contributed by atoms with van der Waals surface area (Å²) in [6, 6.07) is 16.1. The van der Waals surface area contributed by atoms with Crippen LogP contribution in [0.2, 0.25) is 0 Å². The minimum absolute atomic E-state index is 0.130. The highest BCUT2D eigenvalue weighted by molar-refractivity contribution is 8.18. The summed E-state index contributed by atoms with van der Waals surface area (Å²) in [7, 11) is 0. The van der Waals surface area contributed by atoms with Crippen LogP contribution in [0.5, 0.6) is 0 Å². The topological polar surface area (TPSA) is 42.3 Å². The molecule has 1 aromatic heterocycles. The number of hydrogen-bond acceptors (Lipinski definition) is 3. The summed E-state index contributed by atoms with van der Waals surface area (Å²) in [6.45, 7) is 6.21. The first-order valence-electron chi connectivity index (χ1n) is 9.59. The Labute approximate surface area is 179 Å². The highest BCUT2D eigenvalue weighted by atomic mass is 32.2. The molecule has 1 aliphatic heterocycles. The zero-order chi connectivity index (χ0) is 21.4. The Kier molecular flexibility index (Phi) is 5.35. The number of carbonyl (C=O) groups excluding carboxylic acids is 2. The molecule has 0 unspecified atom stereocenters. The molecule has 0 N–H and O–H groups in total. The number of thioether (sulfide) groups is 1. The Morgan fingerprint density at radius 2 is 1.73 bits per heavy atom. The number of nitrogens with zero attached hydrogens (tertiary/aromatic N) is 2. The molecule has 1 fully saturated rings. The molecule has 0 spiro atoms. The summed E-state index contributed by atoms with van der Waals surface area (Å²) in [4.78, 5) is 26.9. The standard InChI is InChI=1S/C24H21FN2O2S/c1-15-5-4-6-21(11-15)27-16(2)12-19(17(27)3)13-22-23(28)26(24(29)30-22)14-18-7-9-20(25)10-8-18/h4-13H,14H2,1-3H3/b22-13+. The number of aromatic nitrogens is 1. The first-order chi connectivity index (χ1) is 14.3. The summed E-state index contributed by atoms with van der Waals surface area (Å²) in [5, 5.41) is -0.317. The van der Waals surface area contributed by atoms with E-state index in [9.17, 15) is 14.0 Å². The van der Waals surface area contributed by atoms with Crippen molar-refractivity contribution in [2.24, 2.45) is 0 Å². The van der Waals surface area contributed by atoms with Gasteiger partial charge in [-0.3, -0.25) is 14.5 Å². The van der Waals surface area contributed by atoms with Gasteiger partial charge in [-0.05, 0) is 85.6 Å². The largest absolute Gasteiger partial charge is 0.318 e. The zero-order valence-corrected chi connectivity index (χ0v) is 17.8. The Hall–Kier alpha value is -3.12. The molecule has 3 aromatic rings. The van der Waals surface area contributed by atoms with Crippen LogP contribution in [0.3, 0.4) is 0 Å². The van der Waals surface area contributed by atoms with Crippen molar-refractivity contribution in [1.82, 2.24) is 9.47 Å². The van der Waals surface area contributed by atoms with Gasteiger partial charge in [0, 0.05) is 17.1 Å². The van der Waals surface area contributed by atoms with Crippen molar-refractivity contribution < 1.29 is 14.0 Å². The molecule has 0 aliphatic carbocycles. The van der Waals surface area contributed by atoms with E-state index >= 15 is 0 Å². The van der Waals surface area contributed by atoms with Gasteiger partial charge in [0.2, 0.25) is 0 Å². The van der Waals surface area contributed by atoms with Crippen molar-refractivity contribution in [3.63, 3.8) is 0 Å². The van der Waals surface area contributed by atoms with Gasteiger partial charge in [-0.15, -0.1) is 0 Å². The lowest BCUT2D eigenvalue weighted by Crippen LogP contribution is -2.27. The number of rotatable bonds is 4. The van der Waals surface area contributed by atoms with Crippen LogP contribution in [0.25, 0.3) is 11.8 Å². The van der Waals surface area contributed by atoms with E-state index in [1.165, 1.54) is 22.6 Å². The highest BCUT2D eigenvalue weighted by Crippen LogP contribution is 2.34. The van der Waals surface area contributed by atoms with Gasteiger partial charge in [0.25, 0.3) is 11.1 Å². The van der Waals surface area contributed by atoms with E-state index in [2.05, 4.69) is 23.6 Å². The molecule has 2 amide bonds. The predicted octanol–water partition coefficient (Wildman–Crippen LogP) is 5.78. The molecule has 0 radical (unpaired) electrons. The smallest absolute Gasteiger partial charge is 0.293 e. The summed E-state index contributed by atoms with van der Waals surface area (Å²) in [6.07, 6.45) is 1.78. The van der Waals surface area contributed by atoms with Gasteiger partial charge in [0.1, 0.15) is 5.82 Å². The van der Waals surface area contributed by atoms with Gasteiger partial charge in [-0.2, -0.15) is 0 Å². The number of imide groups is 1. The average Bonchev–Trinajstić information content (AvgIpc) is 3.13. The van der Waals surface area contributed by atoms with Crippen LogP contribution < -0.4 is 0 Å². The van der Waals surface area contributed by atoms with E-state index in [4.69, 9.17) is 0 Å². The minimum Gasteiger partial charge on any atom is -0.318 e. The first-order valence-corrected chi connectivity index (χ1v) is 10.4. The van der Waals surface area contributed by atoms with Gasteiger partial charge in [0.05, 0.1) is 11.4 Å². The average molecular weight is 421 g/mol. The quantitative estimate of drug-likeness (QED) is 0.503. The monoisotopic (exact) mass is 420 g/mol. The molecule has 152 valence electrons. The maximum absolute atomic E-state index is 13.1. The molecular formula is C24H21FN2O2S. The Morgan fingerprint density at radius 3 is 2.43 bits per heavy atom. The lowest BCUT2D eigenvalue weighted by molar-refractivity contribution is -0.123. The number of hydrogen-bond donors (Lipinski definition) is 0. The van der Waals surface area contributed by atoms with Crippen LogP contribution in [0.15, 0.2) is 59.5 Å². The minimum atomic E-state index is -0.350. The molecule has 2 aromatic carbocycles. The normalized spacial score (nSPS) is 15.5. The lowest BCUT2D eigenvalue weighted by Gasteiger charge is -2.12. The van der Waals surface area contributed by atoms with Gasteiger partial charge in [-0.25, -0.2) is 4.39 Å². The van der Waals surface area contributed by atoms with Crippen molar-refractivity contribution in [2.45, 2.75) is 27.3 Å². The van der Waals surface area contributed by atoms with Crippen molar-refractivity contribution in [1.29, 1.82) is 0 Å². The third-order valence-electron chi connectivity index (χ3n) is 5.14. The van der Waals surface area contributed by atoms with E-state index in [1.54, 1.807) is 18.2 Å². The Morgan fingerprint density at radius 1 is 1.00 bits per heavy atom. The van der Waals surface area contributed by atoms with Crippen molar-refractivity contribution in [2.75, 3.05) is 0 Å². The second-order valence-corrected chi connectivity index (χ2v) is 8.39. The molecule has 0 atom stereocenters. The molecule has 0 bridgehead atoms. The molecule has 1 saturated heterocycles. The molecule has 6 heteroatoms. The molecule has 4 nitrogen and oxygen atoms in total. The van der Waals surface area contributed by atoms with Gasteiger partial charge in [-0.1, -0.05) is 24.3 Å². The lowest BCUT2D eigenvalue weighted by atomic mass is 10.2. The number of amides is 2. The van der Waals surface area contributed by atoms with E-state index in [0.29, 0.717) is 10.5 Å². The fourth-order valence-corrected chi connectivity index (χ4v) is 4.48. The van der Waals surface area contributed by atoms with E-state index < -0.39 is 0 Å². The number of aryl methyl sites for hydroxylation is 2.